The predicted octanol–water partition coefficient (Wildman–Crippen LogP) is 3.45. The van der Waals surface area contributed by atoms with Gasteiger partial charge in [0.2, 0.25) is 0 Å². The van der Waals surface area contributed by atoms with Crippen LogP contribution in [0.2, 0.25) is 0 Å². The number of rotatable bonds is 2. The largest absolute Gasteiger partial charge is 0.423 e. The van der Waals surface area contributed by atoms with Crippen LogP contribution in [0.15, 0.2) is 67.0 Å². The number of hydrogen-bond acceptors (Lipinski definition) is 3. The minimum Gasteiger partial charge on any atom is -0.423 e. The lowest BCUT2D eigenvalue weighted by Crippen LogP contribution is -2.08. The highest BCUT2D eigenvalue weighted by Gasteiger charge is 2.08. The molecule has 3 nitrogen and oxygen atoms in total. The molecule has 0 fully saturated rings. The monoisotopic (exact) mass is 249 g/mol. The first-order valence-electron chi connectivity index (χ1n) is 5.94. The van der Waals surface area contributed by atoms with Gasteiger partial charge in [-0.3, -0.25) is 4.98 Å². The van der Waals surface area contributed by atoms with Crippen LogP contribution in [0, 0.1) is 0 Å². The molecular formula is C16H11NO2. The van der Waals surface area contributed by atoms with Crippen molar-refractivity contribution in [3.63, 3.8) is 0 Å². The number of hydrogen-bond donors (Lipinski definition) is 0. The SMILES string of the molecule is O=C(Oc1ccncc1)c1ccc2ccccc2c1. The van der Waals surface area contributed by atoms with E-state index in [0.717, 1.165) is 10.8 Å². The molecule has 0 saturated heterocycles. The molecular weight excluding hydrogens is 238 g/mol. The third-order valence-corrected chi connectivity index (χ3v) is 2.85. The Labute approximate surface area is 110 Å². The number of pyridine rings is 1. The zero-order valence-corrected chi connectivity index (χ0v) is 10.1. The molecule has 0 atom stereocenters. The first-order chi connectivity index (χ1) is 9.33. The number of ether oxygens (including phenoxy) is 1. The molecule has 3 heteroatoms. The van der Waals surface area contributed by atoms with Crippen LogP contribution in [-0.4, -0.2) is 11.0 Å². The fourth-order valence-electron chi connectivity index (χ4n) is 1.89. The molecule has 19 heavy (non-hydrogen) atoms. The van der Waals surface area contributed by atoms with Gasteiger partial charge in [0.15, 0.2) is 0 Å². The van der Waals surface area contributed by atoms with Crippen LogP contribution in [0.4, 0.5) is 0 Å². The zero-order valence-electron chi connectivity index (χ0n) is 10.1. The van der Waals surface area contributed by atoms with Crippen molar-refractivity contribution in [3.8, 4) is 5.75 Å². The summed E-state index contributed by atoms with van der Waals surface area (Å²) >= 11 is 0. The molecule has 0 aliphatic rings. The van der Waals surface area contributed by atoms with Crippen LogP contribution in [0.3, 0.4) is 0 Å². The first-order valence-corrected chi connectivity index (χ1v) is 5.94. The molecule has 0 spiro atoms. The number of esters is 1. The maximum Gasteiger partial charge on any atom is 0.343 e. The van der Waals surface area contributed by atoms with Crippen molar-refractivity contribution in [2.24, 2.45) is 0 Å². The fraction of sp³-hybridized carbons (Fsp3) is 0. The minimum absolute atomic E-state index is 0.364. The van der Waals surface area contributed by atoms with Crippen LogP contribution in [0.5, 0.6) is 5.75 Å². The minimum atomic E-state index is -0.364. The average molecular weight is 249 g/mol. The Hall–Kier alpha value is -2.68. The Morgan fingerprint density at radius 2 is 1.63 bits per heavy atom. The smallest absolute Gasteiger partial charge is 0.343 e. The Bertz CT molecular complexity index is 723. The van der Waals surface area contributed by atoms with Crippen molar-refractivity contribution in [1.29, 1.82) is 0 Å². The molecule has 0 N–H and O–H groups in total. The molecule has 0 saturated carbocycles. The summed E-state index contributed by atoms with van der Waals surface area (Å²) in [6, 6.07) is 16.7. The second-order valence-electron chi connectivity index (χ2n) is 4.13. The van der Waals surface area contributed by atoms with Crippen molar-refractivity contribution in [3.05, 3.63) is 72.6 Å². The molecule has 0 amide bonds. The summed E-state index contributed by atoms with van der Waals surface area (Å²) in [4.78, 5) is 15.9. The van der Waals surface area contributed by atoms with Crippen molar-refractivity contribution in [2.75, 3.05) is 0 Å². The summed E-state index contributed by atoms with van der Waals surface area (Å²) in [6.07, 6.45) is 3.17. The summed E-state index contributed by atoms with van der Waals surface area (Å²) in [5.74, 6) is 0.130. The second-order valence-corrected chi connectivity index (χ2v) is 4.13. The van der Waals surface area contributed by atoms with Crippen molar-refractivity contribution < 1.29 is 9.53 Å². The van der Waals surface area contributed by atoms with Crippen LogP contribution in [0.1, 0.15) is 10.4 Å². The van der Waals surface area contributed by atoms with Crippen LogP contribution < -0.4 is 4.74 Å². The van der Waals surface area contributed by atoms with E-state index in [2.05, 4.69) is 4.98 Å². The van der Waals surface area contributed by atoms with E-state index in [-0.39, 0.29) is 5.97 Å². The third-order valence-electron chi connectivity index (χ3n) is 2.85. The van der Waals surface area contributed by atoms with Gasteiger partial charge in [-0.15, -0.1) is 0 Å². The molecule has 1 heterocycles. The number of carbonyl (C=O) groups is 1. The Morgan fingerprint density at radius 3 is 2.42 bits per heavy atom. The molecule has 0 radical (unpaired) electrons. The number of nitrogens with zero attached hydrogens (tertiary/aromatic N) is 1. The van der Waals surface area contributed by atoms with E-state index >= 15 is 0 Å². The first kappa shape index (κ1) is 11.4. The summed E-state index contributed by atoms with van der Waals surface area (Å²) in [5, 5.41) is 2.12. The van der Waals surface area contributed by atoms with E-state index in [4.69, 9.17) is 4.74 Å². The van der Waals surface area contributed by atoms with Gasteiger partial charge in [0, 0.05) is 12.4 Å². The summed E-state index contributed by atoms with van der Waals surface area (Å²) in [7, 11) is 0. The lowest BCUT2D eigenvalue weighted by atomic mass is 10.1. The second kappa shape index (κ2) is 4.90. The van der Waals surface area contributed by atoms with Crippen LogP contribution in [0.25, 0.3) is 10.8 Å². The third kappa shape index (κ3) is 2.45. The van der Waals surface area contributed by atoms with Gasteiger partial charge in [0.25, 0.3) is 0 Å². The number of aromatic nitrogens is 1. The van der Waals surface area contributed by atoms with Crippen molar-refractivity contribution in [2.45, 2.75) is 0 Å². The van der Waals surface area contributed by atoms with Gasteiger partial charge < -0.3 is 4.74 Å². The highest BCUT2D eigenvalue weighted by molar-refractivity contribution is 5.96. The van der Waals surface area contributed by atoms with E-state index in [1.165, 1.54) is 0 Å². The van der Waals surface area contributed by atoms with E-state index in [9.17, 15) is 4.79 Å². The van der Waals surface area contributed by atoms with Gasteiger partial charge in [-0.2, -0.15) is 0 Å². The quantitative estimate of drug-likeness (QED) is 0.653. The highest BCUT2D eigenvalue weighted by atomic mass is 16.5. The summed E-state index contributed by atoms with van der Waals surface area (Å²) in [5.41, 5.74) is 0.538. The Morgan fingerprint density at radius 1 is 0.895 bits per heavy atom. The van der Waals surface area contributed by atoms with Crippen LogP contribution in [-0.2, 0) is 0 Å². The molecule has 3 rings (SSSR count). The maximum absolute atomic E-state index is 12.0. The number of carbonyl (C=O) groups excluding carboxylic acids is 1. The Kier molecular flexibility index (Phi) is 2.94. The van der Waals surface area contributed by atoms with Gasteiger partial charge in [-0.05, 0) is 35.0 Å². The molecule has 92 valence electrons. The predicted molar refractivity (Wildman–Crippen MR) is 73.1 cm³/mol. The van der Waals surface area contributed by atoms with Gasteiger partial charge in [-0.1, -0.05) is 30.3 Å². The number of fused-ring (bicyclic) bond motifs is 1. The van der Waals surface area contributed by atoms with Gasteiger partial charge in [0.05, 0.1) is 5.56 Å². The van der Waals surface area contributed by atoms with Crippen molar-refractivity contribution >= 4 is 16.7 Å². The molecule has 0 aliphatic carbocycles. The van der Waals surface area contributed by atoms with Gasteiger partial charge in [0.1, 0.15) is 5.75 Å². The summed E-state index contributed by atoms with van der Waals surface area (Å²) < 4.78 is 5.27. The average Bonchev–Trinajstić information content (AvgIpc) is 2.48. The van der Waals surface area contributed by atoms with E-state index in [1.807, 2.05) is 36.4 Å². The topological polar surface area (TPSA) is 39.2 Å². The highest BCUT2D eigenvalue weighted by Crippen LogP contribution is 2.17. The van der Waals surface area contributed by atoms with Gasteiger partial charge >= 0.3 is 5.97 Å². The lowest BCUT2D eigenvalue weighted by Gasteiger charge is -2.05. The van der Waals surface area contributed by atoms with E-state index < -0.39 is 0 Å². The number of benzene rings is 2. The summed E-state index contributed by atoms with van der Waals surface area (Å²) in [6.45, 7) is 0. The van der Waals surface area contributed by atoms with E-state index in [1.54, 1.807) is 30.6 Å². The molecule has 2 aromatic carbocycles. The molecule has 3 aromatic rings. The van der Waals surface area contributed by atoms with E-state index in [0.29, 0.717) is 11.3 Å². The lowest BCUT2D eigenvalue weighted by molar-refractivity contribution is 0.0735. The van der Waals surface area contributed by atoms with Crippen molar-refractivity contribution in [1.82, 2.24) is 4.98 Å². The fourth-order valence-corrected chi connectivity index (χ4v) is 1.89. The molecule has 1 aromatic heterocycles. The maximum atomic E-state index is 12.0. The molecule has 0 aliphatic heterocycles. The standard InChI is InChI=1S/C16H11NO2/c18-16(19-15-7-9-17-10-8-15)14-6-5-12-3-1-2-4-13(12)11-14/h1-11H. The van der Waals surface area contributed by atoms with Gasteiger partial charge in [-0.25, -0.2) is 4.79 Å². The normalized spacial score (nSPS) is 10.3. The molecule has 0 bridgehead atoms. The zero-order chi connectivity index (χ0) is 13.1. The Balaban J connectivity index is 1.89. The molecule has 0 unspecified atom stereocenters. The van der Waals surface area contributed by atoms with Crippen LogP contribution >= 0.6 is 0 Å².